The first kappa shape index (κ1) is 14.4. The lowest BCUT2D eigenvalue weighted by Gasteiger charge is -2.12. The summed E-state index contributed by atoms with van der Waals surface area (Å²) >= 11 is 1.07. The van der Waals surface area contributed by atoms with Crippen LogP contribution in [0.2, 0.25) is 0 Å². The summed E-state index contributed by atoms with van der Waals surface area (Å²) in [5, 5.41) is 1.63. The minimum Gasteiger partial charge on any atom is -0.465 e. The maximum atomic E-state index is 12.3. The highest BCUT2D eigenvalue weighted by Gasteiger charge is 2.30. The van der Waals surface area contributed by atoms with Crippen molar-refractivity contribution < 1.29 is 22.7 Å². The number of carbonyl (C=O) groups excluding carboxylic acids is 1. The first-order valence-electron chi connectivity index (χ1n) is 5.72. The molecule has 0 aromatic carbocycles. The van der Waals surface area contributed by atoms with Gasteiger partial charge in [-0.2, -0.15) is 0 Å². The van der Waals surface area contributed by atoms with Crippen LogP contribution in [0.5, 0.6) is 0 Å². The van der Waals surface area contributed by atoms with Gasteiger partial charge in [0, 0.05) is 12.6 Å². The maximum absolute atomic E-state index is 12.3. The van der Waals surface area contributed by atoms with E-state index in [1.165, 1.54) is 7.11 Å². The van der Waals surface area contributed by atoms with Crippen molar-refractivity contribution in [2.75, 3.05) is 20.3 Å². The normalized spacial score (nSPS) is 19.6. The lowest BCUT2D eigenvalue weighted by Crippen LogP contribution is -2.35. The fourth-order valence-electron chi connectivity index (χ4n) is 1.91. The van der Waals surface area contributed by atoms with Crippen LogP contribution in [0.1, 0.15) is 21.7 Å². The molecular weight excluding hydrogens is 290 g/mol. The van der Waals surface area contributed by atoms with E-state index in [0.717, 1.165) is 11.3 Å². The number of esters is 1. The van der Waals surface area contributed by atoms with E-state index >= 15 is 0 Å². The Balaban J connectivity index is 2.33. The molecule has 0 amide bonds. The molecule has 1 aliphatic heterocycles. The highest BCUT2D eigenvalue weighted by atomic mass is 32.2. The molecule has 6 nitrogen and oxygen atoms in total. The van der Waals surface area contributed by atoms with Crippen LogP contribution < -0.4 is 4.72 Å². The van der Waals surface area contributed by atoms with Gasteiger partial charge in [0.15, 0.2) is 0 Å². The fourth-order valence-corrected chi connectivity index (χ4v) is 4.87. The average molecular weight is 305 g/mol. The maximum Gasteiger partial charge on any atom is 0.349 e. The zero-order chi connectivity index (χ0) is 14.0. The molecule has 2 heterocycles. The van der Waals surface area contributed by atoms with E-state index < -0.39 is 16.0 Å². The van der Waals surface area contributed by atoms with Gasteiger partial charge in [-0.15, -0.1) is 11.3 Å². The summed E-state index contributed by atoms with van der Waals surface area (Å²) in [4.78, 5) is 11.7. The molecule has 0 saturated carbocycles. The molecule has 1 aromatic heterocycles. The third-order valence-corrected chi connectivity index (χ3v) is 5.72. The lowest BCUT2D eigenvalue weighted by atomic mass is 10.3. The van der Waals surface area contributed by atoms with Crippen LogP contribution in [0.15, 0.2) is 10.3 Å². The third kappa shape index (κ3) is 2.97. The molecule has 1 fully saturated rings. The van der Waals surface area contributed by atoms with Gasteiger partial charge in [-0.1, -0.05) is 0 Å². The molecule has 8 heteroatoms. The summed E-state index contributed by atoms with van der Waals surface area (Å²) < 4.78 is 37.0. The van der Waals surface area contributed by atoms with Crippen LogP contribution in [-0.2, 0) is 19.5 Å². The molecule has 1 aliphatic rings. The number of hydrogen-bond donors (Lipinski definition) is 1. The summed E-state index contributed by atoms with van der Waals surface area (Å²) in [5.41, 5.74) is 0.539. The van der Waals surface area contributed by atoms with Crippen LogP contribution >= 0.6 is 11.3 Å². The number of sulfonamides is 1. The monoisotopic (exact) mass is 305 g/mol. The number of carbonyl (C=O) groups is 1. The van der Waals surface area contributed by atoms with E-state index in [-0.39, 0.29) is 15.8 Å². The van der Waals surface area contributed by atoms with Crippen LogP contribution in [0.25, 0.3) is 0 Å². The molecule has 1 N–H and O–H groups in total. The first-order valence-corrected chi connectivity index (χ1v) is 8.08. The van der Waals surface area contributed by atoms with Gasteiger partial charge in [-0.3, -0.25) is 0 Å². The second kappa shape index (κ2) is 5.58. The molecule has 106 valence electrons. The topological polar surface area (TPSA) is 81.7 Å². The molecule has 0 radical (unpaired) electrons. The number of aryl methyl sites for hydroxylation is 1. The van der Waals surface area contributed by atoms with Gasteiger partial charge >= 0.3 is 5.97 Å². The van der Waals surface area contributed by atoms with Crippen LogP contribution in [-0.4, -0.2) is 40.8 Å². The molecule has 2 rings (SSSR count). The van der Waals surface area contributed by atoms with E-state index in [0.29, 0.717) is 25.2 Å². The predicted octanol–water partition coefficient (Wildman–Crippen LogP) is 0.910. The predicted molar refractivity (Wildman–Crippen MR) is 69.9 cm³/mol. The highest BCUT2D eigenvalue weighted by molar-refractivity contribution is 7.89. The first-order chi connectivity index (χ1) is 8.95. The van der Waals surface area contributed by atoms with E-state index in [2.05, 4.69) is 9.46 Å². The minimum atomic E-state index is -3.74. The van der Waals surface area contributed by atoms with Crippen LogP contribution in [0.3, 0.4) is 0 Å². The Bertz CT molecular complexity index is 572. The minimum absolute atomic E-state index is 0.0104. The standard InChI is InChI=1S/C11H15NO5S2/c1-7-6-18-9(11(13)16-2)10(7)19(14,15)12-8-3-4-17-5-8/h6,8,12H,3-5H2,1-2H3. The molecule has 1 atom stereocenters. The van der Waals surface area contributed by atoms with Crippen molar-refractivity contribution in [1.82, 2.24) is 4.72 Å². The van der Waals surface area contributed by atoms with Gasteiger partial charge < -0.3 is 9.47 Å². The number of thiophene rings is 1. The van der Waals surface area contributed by atoms with Gasteiger partial charge in [-0.25, -0.2) is 17.9 Å². The van der Waals surface area contributed by atoms with Gasteiger partial charge in [0.2, 0.25) is 10.0 Å². The van der Waals surface area contributed by atoms with E-state index in [1.807, 2.05) is 0 Å². The molecule has 1 unspecified atom stereocenters. The summed E-state index contributed by atoms with van der Waals surface area (Å²) in [6, 6.07) is -0.241. The van der Waals surface area contributed by atoms with Gasteiger partial charge in [-0.05, 0) is 24.3 Å². The smallest absolute Gasteiger partial charge is 0.349 e. The molecule has 0 spiro atoms. The molecular formula is C11H15NO5S2. The number of ether oxygens (including phenoxy) is 2. The second-order valence-corrected chi connectivity index (χ2v) is 6.78. The summed E-state index contributed by atoms with van der Waals surface area (Å²) in [7, 11) is -2.51. The zero-order valence-corrected chi connectivity index (χ0v) is 12.3. The van der Waals surface area contributed by atoms with Crippen molar-refractivity contribution >= 4 is 27.3 Å². The molecule has 0 aliphatic carbocycles. The highest BCUT2D eigenvalue weighted by Crippen LogP contribution is 2.28. The average Bonchev–Trinajstić information content (AvgIpc) is 2.97. The molecule has 0 bridgehead atoms. The Hall–Kier alpha value is -0.960. The lowest BCUT2D eigenvalue weighted by molar-refractivity contribution is 0.0602. The Morgan fingerprint density at radius 3 is 2.89 bits per heavy atom. The third-order valence-electron chi connectivity index (χ3n) is 2.81. The number of methoxy groups -OCH3 is 1. The summed E-state index contributed by atoms with van der Waals surface area (Å²) in [6.07, 6.45) is 0.635. The van der Waals surface area contributed by atoms with E-state index in [9.17, 15) is 13.2 Å². The molecule has 19 heavy (non-hydrogen) atoms. The van der Waals surface area contributed by atoms with Crippen molar-refractivity contribution in [1.29, 1.82) is 0 Å². The number of rotatable bonds is 4. The fraction of sp³-hybridized carbons (Fsp3) is 0.545. The van der Waals surface area contributed by atoms with E-state index in [4.69, 9.17) is 4.74 Å². The Labute approximate surface area is 115 Å². The Morgan fingerprint density at radius 2 is 2.32 bits per heavy atom. The van der Waals surface area contributed by atoms with Crippen molar-refractivity contribution in [3.63, 3.8) is 0 Å². The zero-order valence-electron chi connectivity index (χ0n) is 10.6. The van der Waals surface area contributed by atoms with E-state index in [1.54, 1.807) is 12.3 Å². The van der Waals surface area contributed by atoms with Crippen molar-refractivity contribution in [3.05, 3.63) is 15.8 Å². The van der Waals surface area contributed by atoms with Crippen molar-refractivity contribution in [2.24, 2.45) is 0 Å². The van der Waals surface area contributed by atoms with Crippen molar-refractivity contribution in [3.8, 4) is 0 Å². The summed E-state index contributed by atoms with van der Waals surface area (Å²) in [6.45, 7) is 2.55. The second-order valence-electron chi connectivity index (χ2n) is 4.25. The molecule has 1 saturated heterocycles. The largest absolute Gasteiger partial charge is 0.465 e. The van der Waals surface area contributed by atoms with Crippen LogP contribution in [0.4, 0.5) is 0 Å². The van der Waals surface area contributed by atoms with Gasteiger partial charge in [0.1, 0.15) is 9.77 Å². The Morgan fingerprint density at radius 1 is 1.58 bits per heavy atom. The Kier molecular flexibility index (Phi) is 4.24. The summed E-state index contributed by atoms with van der Waals surface area (Å²) in [5.74, 6) is -0.638. The number of nitrogens with one attached hydrogen (secondary N) is 1. The van der Waals surface area contributed by atoms with Gasteiger partial charge in [0.25, 0.3) is 0 Å². The van der Waals surface area contributed by atoms with Crippen molar-refractivity contribution in [2.45, 2.75) is 24.3 Å². The number of hydrogen-bond acceptors (Lipinski definition) is 6. The quantitative estimate of drug-likeness (QED) is 0.836. The van der Waals surface area contributed by atoms with Crippen LogP contribution in [0, 0.1) is 6.92 Å². The van der Waals surface area contributed by atoms with Gasteiger partial charge in [0.05, 0.1) is 13.7 Å². The molecule has 1 aromatic rings. The SMILES string of the molecule is COC(=O)c1scc(C)c1S(=O)(=O)NC1CCOC1.